The molecule has 0 bridgehead atoms. The van der Waals surface area contributed by atoms with Gasteiger partial charge in [0.1, 0.15) is 0 Å². The molecule has 0 aromatic rings. The third kappa shape index (κ3) is 3.64. The first-order chi connectivity index (χ1) is 6.58. The lowest BCUT2D eigenvalue weighted by atomic mass is 9.87. The molecule has 5 nitrogen and oxygen atoms in total. The summed E-state index contributed by atoms with van der Waals surface area (Å²) in [5.41, 5.74) is 10.7. The summed E-state index contributed by atoms with van der Waals surface area (Å²) < 4.78 is 0. The maximum Gasteiger partial charge on any atom is 0.195 e. The Morgan fingerprint density at radius 2 is 2.14 bits per heavy atom. The Hall–Kier alpha value is -1.26. The number of nitrogens with two attached hydrogens (primary N) is 2. The second-order valence-corrected chi connectivity index (χ2v) is 3.98. The summed E-state index contributed by atoms with van der Waals surface area (Å²) in [5, 5.41) is 9.48. The Morgan fingerprint density at radius 1 is 1.43 bits per heavy atom. The van der Waals surface area contributed by atoms with Crippen LogP contribution in [0.4, 0.5) is 0 Å². The van der Waals surface area contributed by atoms with Crippen molar-refractivity contribution < 1.29 is 0 Å². The first-order valence-corrected chi connectivity index (χ1v) is 5.02. The molecular weight excluding hydrogens is 178 g/mol. The molecule has 2 unspecified atom stereocenters. The second kappa shape index (κ2) is 4.83. The summed E-state index contributed by atoms with van der Waals surface area (Å²) in [6.07, 6.45) is 4.67. The standard InChI is InChI=1S/C9H19N5/c1-6-3-2-4-7(5-6)13-9(12)14-8(10)11/h6-7H,2-5H2,1H3,(H6,10,11,12,13,14). The van der Waals surface area contributed by atoms with Crippen LogP contribution in [0.5, 0.6) is 0 Å². The summed E-state index contributed by atoms with van der Waals surface area (Å²) >= 11 is 0. The number of nitrogens with one attached hydrogen (secondary N) is 2. The minimum Gasteiger partial charge on any atom is -0.370 e. The van der Waals surface area contributed by atoms with Crippen LogP contribution in [0.1, 0.15) is 32.6 Å². The fraction of sp³-hybridized carbons (Fsp3) is 0.778. The average Bonchev–Trinajstić information content (AvgIpc) is 2.01. The van der Waals surface area contributed by atoms with Gasteiger partial charge in [-0.15, -0.1) is 0 Å². The molecule has 0 amide bonds. The fourth-order valence-corrected chi connectivity index (χ4v) is 1.89. The van der Waals surface area contributed by atoms with Gasteiger partial charge >= 0.3 is 0 Å². The summed E-state index contributed by atoms with van der Waals surface area (Å²) in [6, 6.07) is 0.297. The molecule has 80 valence electrons. The number of nitrogens with zero attached hydrogens (tertiary/aromatic N) is 1. The van der Waals surface area contributed by atoms with Crippen molar-refractivity contribution in [1.82, 2.24) is 5.32 Å². The summed E-state index contributed by atoms with van der Waals surface area (Å²) in [5.74, 6) is 0.828. The zero-order chi connectivity index (χ0) is 10.6. The molecule has 2 atom stereocenters. The highest BCUT2D eigenvalue weighted by molar-refractivity contribution is 5.95. The molecule has 0 spiro atoms. The van der Waals surface area contributed by atoms with Gasteiger partial charge in [-0.2, -0.15) is 0 Å². The smallest absolute Gasteiger partial charge is 0.195 e. The topological polar surface area (TPSA) is 100 Å². The van der Waals surface area contributed by atoms with Crippen LogP contribution in [0.2, 0.25) is 0 Å². The van der Waals surface area contributed by atoms with Crippen molar-refractivity contribution in [2.24, 2.45) is 22.4 Å². The van der Waals surface area contributed by atoms with Crippen LogP contribution >= 0.6 is 0 Å². The van der Waals surface area contributed by atoms with Crippen molar-refractivity contribution in [3.05, 3.63) is 0 Å². The summed E-state index contributed by atoms with van der Waals surface area (Å²) in [7, 11) is 0. The molecule has 0 aliphatic heterocycles. The van der Waals surface area contributed by atoms with E-state index in [0.717, 1.165) is 18.8 Å². The molecule has 1 aliphatic rings. The predicted molar refractivity (Wildman–Crippen MR) is 58.1 cm³/mol. The van der Waals surface area contributed by atoms with Gasteiger partial charge in [0.15, 0.2) is 11.9 Å². The Balaban J connectivity index is 2.44. The maximum atomic E-state index is 6.99. The highest BCUT2D eigenvalue weighted by atomic mass is 15.2. The molecule has 5 heteroatoms. The van der Waals surface area contributed by atoms with E-state index in [1.165, 1.54) is 12.8 Å². The molecule has 1 fully saturated rings. The van der Waals surface area contributed by atoms with Gasteiger partial charge in [-0.25, -0.2) is 4.99 Å². The van der Waals surface area contributed by atoms with Gasteiger partial charge in [-0.3, -0.25) is 10.7 Å². The van der Waals surface area contributed by atoms with Crippen LogP contribution in [0, 0.1) is 11.3 Å². The first kappa shape index (κ1) is 10.8. The predicted octanol–water partition coefficient (Wildman–Crippen LogP) is 0.363. The van der Waals surface area contributed by atoms with Gasteiger partial charge in [0.05, 0.1) is 6.04 Å². The molecule has 0 radical (unpaired) electrons. The van der Waals surface area contributed by atoms with E-state index in [4.69, 9.17) is 16.9 Å². The van der Waals surface area contributed by atoms with Crippen LogP contribution in [-0.4, -0.2) is 18.0 Å². The summed E-state index contributed by atoms with van der Waals surface area (Å²) in [4.78, 5) is 4.29. The van der Waals surface area contributed by atoms with E-state index in [-0.39, 0.29) is 11.9 Å². The van der Waals surface area contributed by atoms with Gasteiger partial charge in [0.2, 0.25) is 0 Å². The van der Waals surface area contributed by atoms with Crippen molar-refractivity contribution >= 4 is 11.9 Å². The Morgan fingerprint density at radius 3 is 2.71 bits per heavy atom. The molecule has 1 rings (SSSR count). The van der Waals surface area contributed by atoms with Crippen molar-refractivity contribution in [2.75, 3.05) is 0 Å². The van der Waals surface area contributed by atoms with Crippen molar-refractivity contribution in [1.29, 1.82) is 5.41 Å². The van der Waals surface area contributed by atoms with Gasteiger partial charge in [0, 0.05) is 0 Å². The Bertz CT molecular complexity index is 235. The highest BCUT2D eigenvalue weighted by Crippen LogP contribution is 2.25. The molecule has 0 heterocycles. The van der Waals surface area contributed by atoms with Gasteiger partial charge in [0.25, 0.3) is 0 Å². The summed E-state index contributed by atoms with van der Waals surface area (Å²) in [6.45, 7) is 2.23. The lowest BCUT2D eigenvalue weighted by molar-refractivity contribution is 0.345. The molecule has 1 saturated carbocycles. The molecular formula is C9H19N5. The van der Waals surface area contributed by atoms with E-state index in [1.807, 2.05) is 0 Å². The molecule has 1 aliphatic carbocycles. The zero-order valence-corrected chi connectivity index (χ0v) is 8.59. The van der Waals surface area contributed by atoms with Crippen molar-refractivity contribution in [2.45, 2.75) is 38.6 Å². The Kier molecular flexibility index (Phi) is 3.73. The lowest BCUT2D eigenvalue weighted by Crippen LogP contribution is -2.41. The van der Waals surface area contributed by atoms with Crippen molar-refractivity contribution in [3.8, 4) is 0 Å². The minimum atomic E-state index is -0.157. The van der Waals surface area contributed by atoms with E-state index in [9.17, 15) is 0 Å². The fourth-order valence-electron chi connectivity index (χ4n) is 1.89. The van der Waals surface area contributed by atoms with Crippen LogP contribution in [-0.2, 0) is 0 Å². The maximum absolute atomic E-state index is 6.99. The Labute approximate surface area is 84.5 Å². The lowest BCUT2D eigenvalue weighted by Gasteiger charge is -2.23. The molecule has 0 saturated heterocycles. The molecule has 0 aromatic heterocycles. The monoisotopic (exact) mass is 197 g/mol. The number of hydrogen-bond donors (Lipinski definition) is 4. The van der Waals surface area contributed by atoms with Gasteiger partial charge in [-0.05, 0) is 18.8 Å². The molecule has 6 N–H and O–H groups in total. The highest BCUT2D eigenvalue weighted by Gasteiger charge is 2.18. The van der Waals surface area contributed by atoms with Crippen LogP contribution in [0.15, 0.2) is 4.99 Å². The van der Waals surface area contributed by atoms with E-state index < -0.39 is 0 Å². The number of hydrogen-bond acceptors (Lipinski definition) is 2. The van der Waals surface area contributed by atoms with Crippen LogP contribution in [0.3, 0.4) is 0 Å². The van der Waals surface area contributed by atoms with Gasteiger partial charge in [-0.1, -0.05) is 19.8 Å². The first-order valence-electron chi connectivity index (χ1n) is 5.02. The number of aliphatic imine (C=N–C) groups is 1. The SMILES string of the molecule is CC1CCCC(N=C(N)NC(=N)N)C1. The normalized spacial score (nSPS) is 28.5. The third-order valence-electron chi connectivity index (χ3n) is 2.49. The molecule has 14 heavy (non-hydrogen) atoms. The van der Waals surface area contributed by atoms with E-state index >= 15 is 0 Å². The van der Waals surface area contributed by atoms with Crippen LogP contribution < -0.4 is 16.8 Å². The zero-order valence-electron chi connectivity index (χ0n) is 8.59. The second-order valence-electron chi connectivity index (χ2n) is 3.98. The van der Waals surface area contributed by atoms with E-state index in [2.05, 4.69) is 17.2 Å². The number of rotatable bonds is 1. The minimum absolute atomic E-state index is 0.157. The number of guanidine groups is 2. The largest absolute Gasteiger partial charge is 0.370 e. The van der Waals surface area contributed by atoms with Crippen molar-refractivity contribution in [3.63, 3.8) is 0 Å². The average molecular weight is 197 g/mol. The third-order valence-corrected chi connectivity index (χ3v) is 2.49. The van der Waals surface area contributed by atoms with E-state index in [0.29, 0.717) is 6.04 Å². The van der Waals surface area contributed by atoms with Gasteiger partial charge < -0.3 is 11.5 Å². The molecule has 0 aromatic carbocycles. The quantitative estimate of drug-likeness (QED) is 0.361. The van der Waals surface area contributed by atoms with E-state index in [1.54, 1.807) is 0 Å². The van der Waals surface area contributed by atoms with Crippen LogP contribution in [0.25, 0.3) is 0 Å².